The molecule has 0 bridgehead atoms. The van der Waals surface area contributed by atoms with E-state index in [1.807, 2.05) is 62.4 Å². The molecule has 0 fully saturated rings. The number of carbonyl (C=O) groups is 4. The molecule has 5 rings (SSSR count). The van der Waals surface area contributed by atoms with Gasteiger partial charge in [-0.15, -0.1) is 0 Å². The Bertz CT molecular complexity index is 1470. The number of nitrogens with zero attached hydrogens (tertiary/aromatic N) is 5. The third kappa shape index (κ3) is 4.77. The average molecular weight is 540 g/mol. The molecule has 4 amide bonds. The lowest BCUT2D eigenvalue weighted by Gasteiger charge is -2.33. The van der Waals surface area contributed by atoms with Gasteiger partial charge in [0.1, 0.15) is 0 Å². The van der Waals surface area contributed by atoms with E-state index in [2.05, 4.69) is 20.8 Å². The van der Waals surface area contributed by atoms with E-state index in [1.54, 1.807) is 23.7 Å². The van der Waals surface area contributed by atoms with E-state index in [0.717, 1.165) is 21.1 Å². The van der Waals surface area contributed by atoms with Crippen LogP contribution in [0.4, 0.5) is 0 Å². The summed E-state index contributed by atoms with van der Waals surface area (Å²) in [6.45, 7) is 6.56. The number of aromatic nitrogens is 1. The molecule has 2 aliphatic rings. The Kier molecular flexibility index (Phi) is 6.80. The Morgan fingerprint density at radius 1 is 0.650 bits per heavy atom. The van der Waals surface area contributed by atoms with E-state index >= 15 is 0 Å². The highest BCUT2D eigenvalue weighted by Gasteiger charge is 2.41. The third-order valence-corrected chi connectivity index (χ3v) is 6.94. The molecule has 0 saturated heterocycles. The van der Waals surface area contributed by atoms with Gasteiger partial charge in [-0.1, -0.05) is 59.7 Å². The number of amidine groups is 2. The quantitative estimate of drug-likeness (QED) is 0.528. The number of benzene rings is 2. The zero-order valence-electron chi connectivity index (χ0n) is 22.8. The summed E-state index contributed by atoms with van der Waals surface area (Å²) in [4.78, 5) is 52.1. The lowest BCUT2D eigenvalue weighted by Crippen LogP contribution is -2.50. The van der Waals surface area contributed by atoms with Crippen molar-refractivity contribution in [3.8, 4) is 0 Å². The number of amides is 4. The highest BCUT2D eigenvalue weighted by Crippen LogP contribution is 2.32. The minimum atomic E-state index is -1.09. The number of carbonyl (C=O) groups excluding carboxylic acids is 4. The van der Waals surface area contributed by atoms with Crippen molar-refractivity contribution in [3.05, 3.63) is 94.3 Å². The summed E-state index contributed by atoms with van der Waals surface area (Å²) < 4.78 is 1.62. The molecule has 2 aliphatic heterocycles. The van der Waals surface area contributed by atoms with Gasteiger partial charge in [-0.2, -0.15) is 10.2 Å². The molecule has 40 heavy (non-hydrogen) atoms. The van der Waals surface area contributed by atoms with Gasteiger partial charge < -0.3 is 15.2 Å². The van der Waals surface area contributed by atoms with Crippen molar-refractivity contribution in [3.63, 3.8) is 0 Å². The van der Waals surface area contributed by atoms with Crippen LogP contribution in [0.1, 0.15) is 59.6 Å². The monoisotopic (exact) mass is 539 g/mol. The highest BCUT2D eigenvalue weighted by molar-refractivity contribution is 6.12. The zero-order valence-corrected chi connectivity index (χ0v) is 22.8. The zero-order chi connectivity index (χ0) is 28.7. The van der Waals surface area contributed by atoms with Crippen molar-refractivity contribution in [2.24, 2.45) is 17.3 Å². The maximum Gasteiger partial charge on any atom is 0.256 e. The van der Waals surface area contributed by atoms with Crippen LogP contribution in [0.2, 0.25) is 0 Å². The fraction of sp³-hybridized carbons (Fsp3) is 0.241. The van der Waals surface area contributed by atoms with Crippen molar-refractivity contribution < 1.29 is 19.2 Å². The highest BCUT2D eigenvalue weighted by atomic mass is 16.2. The van der Waals surface area contributed by atoms with Crippen LogP contribution < -0.4 is 10.6 Å². The number of hydrogen-bond donors (Lipinski definition) is 2. The maximum absolute atomic E-state index is 13.4. The first-order valence-electron chi connectivity index (χ1n) is 12.7. The van der Waals surface area contributed by atoms with E-state index in [9.17, 15) is 19.2 Å². The molecule has 1 aromatic heterocycles. The van der Waals surface area contributed by atoms with Crippen LogP contribution in [0, 0.1) is 13.8 Å². The summed E-state index contributed by atoms with van der Waals surface area (Å²) in [5.74, 6) is -1.24. The number of rotatable bonds is 4. The van der Waals surface area contributed by atoms with Gasteiger partial charge in [-0.3, -0.25) is 19.2 Å². The average Bonchev–Trinajstić information content (AvgIpc) is 3.28. The van der Waals surface area contributed by atoms with Gasteiger partial charge in [0, 0.05) is 32.0 Å². The standard InChI is InChI=1S/C29H29N7O4/c1-16-6-10-20(11-7-16)26-30-28(39)24(35(32-26)18(3)37)22-14-15-23(34(22)5)25-29(40)31-27(33-36(25)19(4)38)21-12-8-17(2)9-13-21/h6-15,24-25H,1-5H3,(H,30,32,39)(H,31,33,40). The number of aryl methyl sites for hydroxylation is 2. The first-order valence-corrected chi connectivity index (χ1v) is 12.7. The van der Waals surface area contributed by atoms with Crippen LogP contribution >= 0.6 is 0 Å². The summed E-state index contributed by atoms with van der Waals surface area (Å²) >= 11 is 0. The molecule has 204 valence electrons. The molecule has 2 atom stereocenters. The van der Waals surface area contributed by atoms with E-state index < -0.39 is 35.7 Å². The predicted octanol–water partition coefficient (Wildman–Crippen LogP) is 2.40. The van der Waals surface area contributed by atoms with Crippen molar-refractivity contribution in [1.82, 2.24) is 25.2 Å². The molecule has 0 saturated carbocycles. The second-order valence-corrected chi connectivity index (χ2v) is 9.88. The largest absolute Gasteiger partial charge is 0.347 e. The molecule has 11 heteroatoms. The van der Waals surface area contributed by atoms with Crippen LogP contribution in [-0.2, 0) is 26.2 Å². The molecule has 2 aromatic carbocycles. The predicted molar refractivity (Wildman–Crippen MR) is 148 cm³/mol. The molecule has 3 heterocycles. The van der Waals surface area contributed by atoms with Gasteiger partial charge in [0.05, 0.1) is 11.4 Å². The fourth-order valence-corrected chi connectivity index (χ4v) is 4.77. The van der Waals surface area contributed by atoms with Gasteiger partial charge in [-0.25, -0.2) is 10.0 Å². The minimum Gasteiger partial charge on any atom is -0.347 e. The first kappa shape index (κ1) is 26.5. The van der Waals surface area contributed by atoms with E-state index in [4.69, 9.17) is 0 Å². The summed E-state index contributed by atoms with van der Waals surface area (Å²) in [7, 11) is 1.67. The summed E-state index contributed by atoms with van der Waals surface area (Å²) in [5.41, 5.74) is 4.25. The van der Waals surface area contributed by atoms with Gasteiger partial charge in [0.15, 0.2) is 23.8 Å². The van der Waals surface area contributed by atoms with Gasteiger partial charge in [0.2, 0.25) is 11.8 Å². The molecule has 11 nitrogen and oxygen atoms in total. The van der Waals surface area contributed by atoms with Crippen molar-refractivity contribution in [2.75, 3.05) is 0 Å². The van der Waals surface area contributed by atoms with Crippen molar-refractivity contribution in [1.29, 1.82) is 0 Å². The van der Waals surface area contributed by atoms with E-state index in [-0.39, 0.29) is 11.7 Å². The lowest BCUT2D eigenvalue weighted by molar-refractivity contribution is -0.140. The summed E-state index contributed by atoms with van der Waals surface area (Å²) in [6, 6.07) is 15.9. The summed E-state index contributed by atoms with van der Waals surface area (Å²) in [6.07, 6.45) is 0. The van der Waals surface area contributed by atoms with Crippen LogP contribution in [0.15, 0.2) is 70.9 Å². The van der Waals surface area contributed by atoms with Crippen LogP contribution in [0.3, 0.4) is 0 Å². The molecule has 0 spiro atoms. The molecular weight excluding hydrogens is 510 g/mol. The van der Waals surface area contributed by atoms with Gasteiger partial charge in [-0.05, 0) is 26.0 Å². The Morgan fingerprint density at radius 2 is 1.00 bits per heavy atom. The third-order valence-electron chi connectivity index (χ3n) is 6.94. The molecule has 2 N–H and O–H groups in total. The van der Waals surface area contributed by atoms with E-state index in [1.165, 1.54) is 13.8 Å². The molecule has 3 aromatic rings. The van der Waals surface area contributed by atoms with Crippen LogP contribution in [-0.4, -0.2) is 49.9 Å². The second-order valence-electron chi connectivity index (χ2n) is 9.88. The molecule has 0 radical (unpaired) electrons. The van der Waals surface area contributed by atoms with Crippen molar-refractivity contribution >= 4 is 35.3 Å². The number of hydrazone groups is 2. The van der Waals surface area contributed by atoms with Crippen molar-refractivity contribution in [2.45, 2.75) is 39.8 Å². The first-order chi connectivity index (χ1) is 19.0. The SMILES string of the molecule is CC(=O)N1N=C(c2ccc(C)cc2)NC(=O)C1c1ccc(C2C(=O)NC(c3ccc(C)cc3)=NN2C(C)=O)n1C. The summed E-state index contributed by atoms with van der Waals surface area (Å²) in [5, 5.41) is 16.8. The van der Waals surface area contributed by atoms with Gasteiger partial charge in [0.25, 0.3) is 11.8 Å². The minimum absolute atomic E-state index is 0.262. The lowest BCUT2D eigenvalue weighted by atomic mass is 10.1. The molecule has 2 unspecified atom stereocenters. The molecular formula is C29H29N7O4. The normalized spacial score (nSPS) is 19.0. The maximum atomic E-state index is 13.4. The second kappa shape index (κ2) is 10.3. The van der Waals surface area contributed by atoms with Crippen LogP contribution in [0.25, 0.3) is 0 Å². The van der Waals surface area contributed by atoms with Gasteiger partial charge >= 0.3 is 0 Å². The van der Waals surface area contributed by atoms with E-state index in [0.29, 0.717) is 22.5 Å². The number of nitrogens with one attached hydrogen (secondary N) is 2. The Balaban J connectivity index is 1.51. The Labute approximate surface area is 231 Å². The molecule has 0 aliphatic carbocycles. The smallest absolute Gasteiger partial charge is 0.256 e. The fourth-order valence-electron chi connectivity index (χ4n) is 4.77. The Hall–Kier alpha value is -5.06. The van der Waals surface area contributed by atoms with Crippen LogP contribution in [0.5, 0.6) is 0 Å². The number of hydrogen-bond acceptors (Lipinski definition) is 6. The topological polar surface area (TPSA) is 128 Å². The Morgan fingerprint density at radius 3 is 1.32 bits per heavy atom.